The zero-order valence-corrected chi connectivity index (χ0v) is 18.5. The summed E-state index contributed by atoms with van der Waals surface area (Å²) in [7, 11) is 0. The third-order valence-corrected chi connectivity index (χ3v) is 5.97. The highest BCUT2D eigenvalue weighted by atomic mass is 16.4. The zero-order chi connectivity index (χ0) is 20.7. The van der Waals surface area contributed by atoms with Gasteiger partial charge in [-0.2, -0.15) is 0 Å². The molecular weight excluding hydrogens is 358 g/mol. The number of carboxylic acids is 1. The fraction of sp³-hybridized carbons (Fsp3) is 0.654. The molecule has 2 rings (SSSR count). The van der Waals surface area contributed by atoms with Gasteiger partial charge in [0.05, 0.1) is 5.56 Å². The lowest BCUT2D eigenvalue weighted by atomic mass is 10.0. The lowest BCUT2D eigenvalue weighted by molar-refractivity contribution is 0.0697. The van der Waals surface area contributed by atoms with Crippen LogP contribution in [0.5, 0.6) is 0 Å². The molecule has 3 heteroatoms. The number of rotatable bonds is 17. The number of benzene rings is 1. The van der Waals surface area contributed by atoms with Crippen molar-refractivity contribution >= 4 is 16.9 Å². The molecule has 0 atom stereocenters. The van der Waals surface area contributed by atoms with Crippen LogP contribution in [0.2, 0.25) is 0 Å². The van der Waals surface area contributed by atoms with Crippen LogP contribution < -0.4 is 0 Å². The molecule has 0 amide bonds. The highest BCUT2D eigenvalue weighted by Crippen LogP contribution is 2.19. The van der Waals surface area contributed by atoms with Crippen LogP contribution in [0, 0.1) is 0 Å². The van der Waals surface area contributed by atoms with Gasteiger partial charge in [0.2, 0.25) is 0 Å². The van der Waals surface area contributed by atoms with Crippen LogP contribution >= 0.6 is 0 Å². The molecule has 0 fully saturated rings. The predicted octanol–water partition coefficient (Wildman–Crippen LogP) is 8.28. The van der Waals surface area contributed by atoms with Crippen LogP contribution in [0.15, 0.2) is 24.3 Å². The maximum atomic E-state index is 11.1. The molecule has 0 bridgehead atoms. The third kappa shape index (κ3) is 9.51. The molecule has 0 aliphatic rings. The van der Waals surface area contributed by atoms with Crippen LogP contribution in [0.4, 0.5) is 0 Å². The third-order valence-electron chi connectivity index (χ3n) is 5.97. The van der Waals surface area contributed by atoms with Gasteiger partial charge >= 0.3 is 5.97 Å². The predicted molar refractivity (Wildman–Crippen MR) is 124 cm³/mol. The van der Waals surface area contributed by atoms with E-state index in [9.17, 15) is 4.79 Å². The van der Waals surface area contributed by atoms with Crippen LogP contribution in [-0.2, 0) is 6.42 Å². The van der Waals surface area contributed by atoms with E-state index < -0.39 is 5.97 Å². The van der Waals surface area contributed by atoms with Crippen LogP contribution in [0.3, 0.4) is 0 Å². The average molecular weight is 400 g/mol. The van der Waals surface area contributed by atoms with Crippen molar-refractivity contribution in [2.45, 2.75) is 110 Å². The number of aromatic carboxylic acids is 1. The van der Waals surface area contributed by atoms with E-state index in [0.29, 0.717) is 5.56 Å². The standard InChI is InChI=1S/C26H41NO2/c1-2-3-4-5-6-7-8-9-10-11-12-13-14-15-16-17-24-20-22-18-19-23(26(28)29)21-25(22)27-24/h18-21,27H,2-17H2,1H3,(H,28,29). The number of H-pyrrole nitrogens is 1. The quantitative estimate of drug-likeness (QED) is 0.263. The highest BCUT2D eigenvalue weighted by molar-refractivity contribution is 5.93. The summed E-state index contributed by atoms with van der Waals surface area (Å²) >= 11 is 0. The van der Waals surface area contributed by atoms with Crippen molar-refractivity contribution in [3.63, 3.8) is 0 Å². The molecule has 0 spiro atoms. The molecule has 0 unspecified atom stereocenters. The van der Waals surface area contributed by atoms with E-state index >= 15 is 0 Å². The second kappa shape index (κ2) is 14.3. The Morgan fingerprint density at radius 1 is 0.759 bits per heavy atom. The van der Waals surface area contributed by atoms with E-state index in [1.54, 1.807) is 12.1 Å². The van der Waals surface area contributed by atoms with Gasteiger partial charge in [-0.1, -0.05) is 103 Å². The largest absolute Gasteiger partial charge is 0.478 e. The molecule has 0 saturated carbocycles. The summed E-state index contributed by atoms with van der Waals surface area (Å²) in [6.07, 6.45) is 21.8. The van der Waals surface area contributed by atoms with Gasteiger partial charge in [-0.05, 0) is 36.4 Å². The maximum Gasteiger partial charge on any atom is 0.335 e. The first-order chi connectivity index (χ1) is 14.2. The lowest BCUT2D eigenvalue weighted by Gasteiger charge is -2.03. The van der Waals surface area contributed by atoms with E-state index in [-0.39, 0.29) is 0 Å². The molecule has 0 aliphatic carbocycles. The Kier molecular flexibility index (Phi) is 11.6. The van der Waals surface area contributed by atoms with Gasteiger partial charge in [0.25, 0.3) is 0 Å². The maximum absolute atomic E-state index is 11.1. The van der Waals surface area contributed by atoms with Gasteiger partial charge in [-0.3, -0.25) is 0 Å². The number of carboxylic acid groups (broad SMARTS) is 1. The molecular formula is C26H41NO2. The lowest BCUT2D eigenvalue weighted by Crippen LogP contribution is -1.94. The SMILES string of the molecule is CCCCCCCCCCCCCCCCCc1cc2ccc(C(=O)O)cc2[nH]1. The molecule has 162 valence electrons. The smallest absolute Gasteiger partial charge is 0.335 e. The molecule has 0 saturated heterocycles. The van der Waals surface area contributed by atoms with Gasteiger partial charge in [-0.15, -0.1) is 0 Å². The summed E-state index contributed by atoms with van der Waals surface area (Å²) in [5.41, 5.74) is 2.50. The zero-order valence-electron chi connectivity index (χ0n) is 18.5. The summed E-state index contributed by atoms with van der Waals surface area (Å²) in [5, 5.41) is 10.2. The van der Waals surface area contributed by atoms with Crippen molar-refractivity contribution in [1.29, 1.82) is 0 Å². The topological polar surface area (TPSA) is 53.1 Å². The number of aryl methyl sites for hydroxylation is 1. The van der Waals surface area contributed by atoms with Crippen LogP contribution in [0.25, 0.3) is 10.9 Å². The fourth-order valence-corrected chi connectivity index (χ4v) is 4.14. The Morgan fingerprint density at radius 3 is 1.79 bits per heavy atom. The van der Waals surface area contributed by atoms with Gasteiger partial charge in [0, 0.05) is 11.2 Å². The minimum atomic E-state index is -0.870. The first-order valence-corrected chi connectivity index (χ1v) is 12.1. The van der Waals surface area contributed by atoms with Gasteiger partial charge < -0.3 is 10.1 Å². The minimum Gasteiger partial charge on any atom is -0.478 e. The molecule has 2 aromatic rings. The van der Waals surface area contributed by atoms with E-state index in [1.807, 2.05) is 6.07 Å². The van der Waals surface area contributed by atoms with E-state index in [4.69, 9.17) is 5.11 Å². The Morgan fingerprint density at radius 2 is 1.28 bits per heavy atom. The molecule has 2 N–H and O–H groups in total. The summed E-state index contributed by atoms with van der Waals surface area (Å²) in [5.74, 6) is -0.870. The van der Waals surface area contributed by atoms with Gasteiger partial charge in [0.1, 0.15) is 0 Å². The number of fused-ring (bicyclic) bond motifs is 1. The molecule has 1 heterocycles. The molecule has 3 nitrogen and oxygen atoms in total. The number of carbonyl (C=O) groups is 1. The normalized spacial score (nSPS) is 11.3. The Balaban J connectivity index is 1.43. The Labute approximate surface area is 177 Å². The van der Waals surface area contributed by atoms with Gasteiger partial charge in [0.15, 0.2) is 0 Å². The van der Waals surface area contributed by atoms with Crippen LogP contribution in [-0.4, -0.2) is 16.1 Å². The van der Waals surface area contributed by atoms with E-state index in [0.717, 1.165) is 17.3 Å². The van der Waals surface area contributed by atoms with Crippen molar-refractivity contribution in [3.05, 3.63) is 35.5 Å². The number of unbranched alkanes of at least 4 members (excludes halogenated alkanes) is 14. The van der Waals surface area contributed by atoms with Crippen molar-refractivity contribution in [2.75, 3.05) is 0 Å². The van der Waals surface area contributed by atoms with Crippen molar-refractivity contribution in [2.24, 2.45) is 0 Å². The minimum absolute atomic E-state index is 0.345. The van der Waals surface area contributed by atoms with Crippen molar-refractivity contribution in [3.8, 4) is 0 Å². The number of aromatic nitrogens is 1. The van der Waals surface area contributed by atoms with Crippen molar-refractivity contribution < 1.29 is 9.90 Å². The number of hydrogen-bond donors (Lipinski definition) is 2. The average Bonchev–Trinajstić information content (AvgIpc) is 3.12. The summed E-state index contributed by atoms with van der Waals surface area (Å²) in [4.78, 5) is 14.4. The summed E-state index contributed by atoms with van der Waals surface area (Å²) < 4.78 is 0. The summed E-state index contributed by atoms with van der Waals surface area (Å²) in [6, 6.07) is 7.46. The van der Waals surface area contributed by atoms with E-state index in [2.05, 4.69) is 18.0 Å². The first-order valence-electron chi connectivity index (χ1n) is 12.1. The van der Waals surface area contributed by atoms with E-state index in [1.165, 1.54) is 102 Å². The van der Waals surface area contributed by atoms with Gasteiger partial charge in [-0.25, -0.2) is 4.79 Å². The Hall–Kier alpha value is -1.77. The second-order valence-corrected chi connectivity index (χ2v) is 8.60. The van der Waals surface area contributed by atoms with Crippen LogP contribution in [0.1, 0.15) is 119 Å². The number of aromatic amines is 1. The molecule has 29 heavy (non-hydrogen) atoms. The first kappa shape index (κ1) is 23.5. The molecule has 0 radical (unpaired) electrons. The summed E-state index contributed by atoms with van der Waals surface area (Å²) in [6.45, 7) is 2.28. The highest BCUT2D eigenvalue weighted by Gasteiger charge is 2.06. The molecule has 0 aliphatic heterocycles. The second-order valence-electron chi connectivity index (χ2n) is 8.60. The molecule has 1 aromatic carbocycles. The Bertz CT molecular complexity index is 704. The number of hydrogen-bond acceptors (Lipinski definition) is 1. The number of nitrogens with one attached hydrogen (secondary N) is 1. The van der Waals surface area contributed by atoms with Crippen molar-refractivity contribution in [1.82, 2.24) is 4.98 Å². The monoisotopic (exact) mass is 399 g/mol. The molecule has 1 aromatic heterocycles. The fourth-order valence-electron chi connectivity index (χ4n) is 4.14.